The first-order valence-corrected chi connectivity index (χ1v) is 7.75. The Morgan fingerprint density at radius 2 is 2.25 bits per heavy atom. The third kappa shape index (κ3) is 3.02. The molecule has 1 aromatic carbocycles. The zero-order chi connectivity index (χ0) is 13.8. The highest BCUT2D eigenvalue weighted by Gasteiger charge is 2.13. The Balaban J connectivity index is 1.68. The van der Waals surface area contributed by atoms with Crippen LogP contribution >= 0.6 is 11.8 Å². The van der Waals surface area contributed by atoms with Gasteiger partial charge in [-0.1, -0.05) is 6.07 Å². The Hall–Kier alpha value is -1.81. The van der Waals surface area contributed by atoms with E-state index in [1.54, 1.807) is 6.20 Å². The number of nitrogens with one attached hydrogen (secondary N) is 1. The van der Waals surface area contributed by atoms with Gasteiger partial charge in [0.05, 0.1) is 12.2 Å². The van der Waals surface area contributed by atoms with Gasteiger partial charge in [0, 0.05) is 16.7 Å². The predicted octanol–water partition coefficient (Wildman–Crippen LogP) is 3.05. The molecule has 0 bridgehead atoms. The molecule has 0 saturated carbocycles. The van der Waals surface area contributed by atoms with Crippen LogP contribution in [0.4, 0.5) is 0 Å². The van der Waals surface area contributed by atoms with Crippen molar-refractivity contribution < 1.29 is 4.79 Å². The van der Waals surface area contributed by atoms with Gasteiger partial charge in [0.15, 0.2) is 0 Å². The summed E-state index contributed by atoms with van der Waals surface area (Å²) in [6, 6.07) is 11.7. The molecule has 1 aromatic heterocycles. The molecule has 0 aliphatic carbocycles. The zero-order valence-corrected chi connectivity index (χ0v) is 12.0. The standard InChI is InChI=1S/C16H16N2OS/c19-16(18-11-14-5-1-2-8-17-14)13-6-7-15-12(10-13)4-3-9-20-15/h1-2,5-8,10H,3-4,9,11H2,(H,18,19). The highest BCUT2D eigenvalue weighted by Crippen LogP contribution is 2.30. The van der Waals surface area contributed by atoms with Crippen molar-refractivity contribution in [2.75, 3.05) is 5.75 Å². The van der Waals surface area contributed by atoms with Crippen LogP contribution < -0.4 is 5.32 Å². The second kappa shape index (κ2) is 6.09. The molecule has 2 aromatic rings. The fourth-order valence-electron chi connectivity index (χ4n) is 2.28. The maximum atomic E-state index is 12.2. The molecule has 0 spiro atoms. The fraction of sp³-hybridized carbons (Fsp3) is 0.250. The molecule has 4 heteroatoms. The lowest BCUT2D eigenvalue weighted by Gasteiger charge is -2.15. The molecule has 102 valence electrons. The number of hydrogen-bond acceptors (Lipinski definition) is 3. The van der Waals surface area contributed by atoms with Crippen LogP contribution in [0.1, 0.15) is 28.0 Å². The van der Waals surface area contributed by atoms with Crippen molar-refractivity contribution in [2.45, 2.75) is 24.3 Å². The number of amides is 1. The van der Waals surface area contributed by atoms with Crippen molar-refractivity contribution >= 4 is 17.7 Å². The summed E-state index contributed by atoms with van der Waals surface area (Å²) in [4.78, 5) is 17.7. The second-order valence-corrected chi connectivity index (χ2v) is 5.92. The third-order valence-electron chi connectivity index (χ3n) is 3.33. The summed E-state index contributed by atoms with van der Waals surface area (Å²) in [5.41, 5.74) is 2.91. The second-order valence-electron chi connectivity index (χ2n) is 4.78. The number of carbonyl (C=O) groups excluding carboxylic acids is 1. The van der Waals surface area contributed by atoms with Crippen molar-refractivity contribution in [1.82, 2.24) is 10.3 Å². The lowest BCUT2D eigenvalue weighted by Crippen LogP contribution is -2.23. The van der Waals surface area contributed by atoms with Gasteiger partial charge in [-0.05, 0) is 54.5 Å². The van der Waals surface area contributed by atoms with Gasteiger partial charge in [-0.3, -0.25) is 9.78 Å². The molecule has 20 heavy (non-hydrogen) atoms. The topological polar surface area (TPSA) is 42.0 Å². The van der Waals surface area contributed by atoms with Crippen molar-refractivity contribution in [3.8, 4) is 0 Å². The highest BCUT2D eigenvalue weighted by atomic mass is 32.2. The normalized spacial score (nSPS) is 13.6. The number of fused-ring (bicyclic) bond motifs is 1. The molecular weight excluding hydrogens is 268 g/mol. The van der Waals surface area contributed by atoms with Crippen LogP contribution in [-0.2, 0) is 13.0 Å². The van der Waals surface area contributed by atoms with Gasteiger partial charge in [0.25, 0.3) is 5.91 Å². The number of carbonyl (C=O) groups is 1. The monoisotopic (exact) mass is 284 g/mol. The van der Waals surface area contributed by atoms with E-state index in [2.05, 4.69) is 16.4 Å². The lowest BCUT2D eigenvalue weighted by atomic mass is 10.1. The maximum absolute atomic E-state index is 12.2. The third-order valence-corrected chi connectivity index (χ3v) is 4.53. The molecule has 1 aliphatic rings. The average Bonchev–Trinajstić information content (AvgIpc) is 2.53. The summed E-state index contributed by atoms with van der Waals surface area (Å²) >= 11 is 1.88. The van der Waals surface area contributed by atoms with Gasteiger partial charge in [-0.2, -0.15) is 0 Å². The lowest BCUT2D eigenvalue weighted by molar-refractivity contribution is 0.0950. The zero-order valence-electron chi connectivity index (χ0n) is 11.1. The first-order valence-electron chi connectivity index (χ1n) is 6.77. The van der Waals surface area contributed by atoms with Gasteiger partial charge in [0.1, 0.15) is 0 Å². The number of rotatable bonds is 3. The summed E-state index contributed by atoms with van der Waals surface area (Å²) in [5, 5.41) is 2.91. The van der Waals surface area contributed by atoms with E-state index < -0.39 is 0 Å². The molecule has 1 N–H and O–H groups in total. The molecule has 0 saturated heterocycles. The largest absolute Gasteiger partial charge is 0.346 e. The molecular formula is C16H16N2OS. The smallest absolute Gasteiger partial charge is 0.251 e. The van der Waals surface area contributed by atoms with Crippen molar-refractivity contribution in [3.63, 3.8) is 0 Å². The number of thioether (sulfide) groups is 1. The Bertz CT molecular complexity index is 613. The predicted molar refractivity (Wildman–Crippen MR) is 80.9 cm³/mol. The summed E-state index contributed by atoms with van der Waals surface area (Å²) in [6.45, 7) is 0.464. The van der Waals surface area contributed by atoms with E-state index in [4.69, 9.17) is 0 Å². The van der Waals surface area contributed by atoms with E-state index in [-0.39, 0.29) is 5.91 Å². The quantitative estimate of drug-likeness (QED) is 0.942. The molecule has 1 aliphatic heterocycles. The molecule has 3 rings (SSSR count). The van der Waals surface area contributed by atoms with Crippen LogP contribution in [0.2, 0.25) is 0 Å². The molecule has 0 unspecified atom stereocenters. The first kappa shape index (κ1) is 13.2. The number of nitrogens with zero attached hydrogens (tertiary/aromatic N) is 1. The molecule has 3 nitrogen and oxygen atoms in total. The number of hydrogen-bond donors (Lipinski definition) is 1. The minimum Gasteiger partial charge on any atom is -0.346 e. The molecule has 0 radical (unpaired) electrons. The Morgan fingerprint density at radius 1 is 1.30 bits per heavy atom. The van der Waals surface area contributed by atoms with Crippen molar-refractivity contribution in [1.29, 1.82) is 0 Å². The maximum Gasteiger partial charge on any atom is 0.251 e. The fourth-order valence-corrected chi connectivity index (χ4v) is 3.30. The van der Waals surface area contributed by atoms with Gasteiger partial charge >= 0.3 is 0 Å². The molecule has 0 atom stereocenters. The summed E-state index contributed by atoms with van der Waals surface area (Å²) in [7, 11) is 0. The van der Waals surface area contributed by atoms with Gasteiger partial charge in [0.2, 0.25) is 0 Å². The van der Waals surface area contributed by atoms with Gasteiger partial charge < -0.3 is 5.32 Å². The Morgan fingerprint density at radius 3 is 3.10 bits per heavy atom. The van der Waals surface area contributed by atoms with Crippen LogP contribution in [0.5, 0.6) is 0 Å². The van der Waals surface area contributed by atoms with Crippen LogP contribution in [0.15, 0.2) is 47.5 Å². The number of benzene rings is 1. The number of pyridine rings is 1. The number of aromatic nitrogens is 1. The van der Waals surface area contributed by atoms with E-state index in [1.807, 2.05) is 42.1 Å². The SMILES string of the molecule is O=C(NCc1ccccn1)c1ccc2c(c1)CCCS2. The average molecular weight is 284 g/mol. The summed E-state index contributed by atoms with van der Waals surface area (Å²) < 4.78 is 0. The van der Waals surface area contributed by atoms with Gasteiger partial charge in [-0.25, -0.2) is 0 Å². The van der Waals surface area contributed by atoms with Gasteiger partial charge in [-0.15, -0.1) is 11.8 Å². The van der Waals surface area contributed by atoms with Crippen LogP contribution in [-0.4, -0.2) is 16.6 Å². The van der Waals surface area contributed by atoms with E-state index in [9.17, 15) is 4.79 Å². The molecule has 1 amide bonds. The minimum atomic E-state index is -0.0333. The first-order chi connectivity index (χ1) is 9.83. The van der Waals surface area contributed by atoms with Crippen molar-refractivity contribution in [2.24, 2.45) is 0 Å². The van der Waals surface area contributed by atoms with E-state index in [1.165, 1.54) is 22.6 Å². The summed E-state index contributed by atoms with van der Waals surface area (Å²) in [6.07, 6.45) is 4.00. The van der Waals surface area contributed by atoms with E-state index in [0.29, 0.717) is 6.54 Å². The van der Waals surface area contributed by atoms with Crippen LogP contribution in [0.25, 0.3) is 0 Å². The number of aryl methyl sites for hydroxylation is 1. The molecule has 0 fully saturated rings. The van der Waals surface area contributed by atoms with E-state index in [0.717, 1.165) is 17.7 Å². The molecule has 2 heterocycles. The van der Waals surface area contributed by atoms with E-state index >= 15 is 0 Å². The van der Waals surface area contributed by atoms with Crippen LogP contribution in [0, 0.1) is 0 Å². The Kier molecular flexibility index (Phi) is 4.02. The highest BCUT2D eigenvalue weighted by molar-refractivity contribution is 7.99. The van der Waals surface area contributed by atoms with Crippen molar-refractivity contribution in [3.05, 3.63) is 59.4 Å². The Labute approximate surface area is 122 Å². The van der Waals surface area contributed by atoms with Crippen LogP contribution in [0.3, 0.4) is 0 Å². The summed E-state index contributed by atoms with van der Waals surface area (Å²) in [5.74, 6) is 1.15. The minimum absolute atomic E-state index is 0.0333.